The quantitative estimate of drug-likeness (QED) is 0.409. The average molecular weight is 365 g/mol. The molecule has 0 saturated carbocycles. The maximum atomic E-state index is 4.71. The lowest BCUT2D eigenvalue weighted by Crippen LogP contribution is -2.04. The molecule has 1 aromatic carbocycles. The van der Waals surface area contributed by atoms with Crippen molar-refractivity contribution in [1.82, 2.24) is 20.3 Å². The van der Waals surface area contributed by atoms with E-state index in [0.717, 1.165) is 16.1 Å². The number of anilines is 3. The van der Waals surface area contributed by atoms with E-state index in [4.69, 9.17) is 4.63 Å². The van der Waals surface area contributed by atoms with Gasteiger partial charge in [-0.25, -0.2) is 9.61 Å². The maximum Gasteiger partial charge on any atom is 0.245 e. The van der Waals surface area contributed by atoms with Crippen molar-refractivity contribution in [2.45, 2.75) is 13.8 Å². The normalized spacial score (nSPS) is 11.3. The third kappa shape index (κ3) is 3.24. The van der Waals surface area contributed by atoms with E-state index in [-0.39, 0.29) is 0 Å². The predicted octanol–water partition coefficient (Wildman–Crippen LogP) is 3.88. The van der Waals surface area contributed by atoms with Crippen molar-refractivity contribution in [2.75, 3.05) is 10.7 Å². The topological polar surface area (TPSA) is 101 Å². The fourth-order valence-corrected chi connectivity index (χ4v) is 2.92. The van der Waals surface area contributed by atoms with E-state index in [1.165, 1.54) is 5.56 Å². The van der Waals surface area contributed by atoms with Gasteiger partial charge in [-0.15, -0.1) is 11.3 Å². The molecule has 9 heteroatoms. The van der Waals surface area contributed by atoms with E-state index in [9.17, 15) is 0 Å². The molecule has 130 valence electrons. The number of hydrazone groups is 1. The van der Waals surface area contributed by atoms with Crippen LogP contribution in [0.3, 0.4) is 0 Å². The van der Waals surface area contributed by atoms with Gasteiger partial charge in [0, 0.05) is 10.6 Å². The van der Waals surface area contributed by atoms with Crippen molar-refractivity contribution in [2.24, 2.45) is 5.10 Å². The van der Waals surface area contributed by atoms with Crippen LogP contribution in [0.15, 0.2) is 45.4 Å². The molecule has 0 aliphatic heterocycles. The Hall–Kier alpha value is -3.33. The summed E-state index contributed by atoms with van der Waals surface area (Å²) in [7, 11) is 0. The molecule has 0 fully saturated rings. The number of benzene rings is 1. The van der Waals surface area contributed by atoms with Crippen LogP contribution < -0.4 is 10.7 Å². The average Bonchev–Trinajstić information content (AvgIpc) is 3.30. The minimum absolute atomic E-state index is 0.310. The minimum Gasteiger partial charge on any atom is -0.337 e. The van der Waals surface area contributed by atoms with Gasteiger partial charge < -0.3 is 5.32 Å². The summed E-state index contributed by atoms with van der Waals surface area (Å²) in [6, 6.07) is 9.96. The van der Waals surface area contributed by atoms with E-state index in [2.05, 4.69) is 49.1 Å². The second-order valence-electron chi connectivity index (χ2n) is 5.59. The maximum absolute atomic E-state index is 4.71. The summed E-state index contributed by atoms with van der Waals surface area (Å²) in [5.41, 5.74) is 6.79. The highest BCUT2D eigenvalue weighted by Gasteiger charge is 2.13. The van der Waals surface area contributed by atoms with Gasteiger partial charge in [0.25, 0.3) is 0 Å². The Morgan fingerprint density at radius 1 is 1.04 bits per heavy atom. The molecule has 0 spiro atoms. The Morgan fingerprint density at radius 3 is 2.62 bits per heavy atom. The molecule has 0 radical (unpaired) electrons. The number of aryl methyl sites for hydroxylation is 1. The van der Waals surface area contributed by atoms with Crippen molar-refractivity contribution in [3.05, 3.63) is 51.7 Å². The van der Waals surface area contributed by atoms with Gasteiger partial charge >= 0.3 is 0 Å². The van der Waals surface area contributed by atoms with Gasteiger partial charge in [-0.3, -0.25) is 5.43 Å². The standard InChI is InChI=1S/C17H15N7OS/c1-10-5-3-7-13(11(10)2)19-14-15(21-17-16(20-14)23-25-24-17)22-18-9-12-6-4-8-26-12/h3-9H,1-2H3,(H,19,20,23)(H,21,22,24)/b18-9+. The molecule has 0 atom stereocenters. The molecule has 8 nitrogen and oxygen atoms in total. The van der Waals surface area contributed by atoms with E-state index in [0.29, 0.717) is 22.9 Å². The van der Waals surface area contributed by atoms with Crippen molar-refractivity contribution in [1.29, 1.82) is 0 Å². The Bertz CT molecular complexity index is 1070. The lowest BCUT2D eigenvalue weighted by atomic mass is 10.1. The van der Waals surface area contributed by atoms with Crippen LogP contribution in [0.2, 0.25) is 0 Å². The van der Waals surface area contributed by atoms with Crippen LogP contribution in [0, 0.1) is 13.8 Å². The molecule has 0 unspecified atom stereocenters. The van der Waals surface area contributed by atoms with Gasteiger partial charge in [0.1, 0.15) is 0 Å². The van der Waals surface area contributed by atoms with E-state index < -0.39 is 0 Å². The number of rotatable bonds is 5. The summed E-state index contributed by atoms with van der Waals surface area (Å²) in [5.74, 6) is 0.923. The number of fused-ring (bicyclic) bond motifs is 1. The van der Waals surface area contributed by atoms with Gasteiger partial charge in [-0.05, 0) is 52.8 Å². The minimum atomic E-state index is 0.310. The van der Waals surface area contributed by atoms with Crippen molar-refractivity contribution in [3.8, 4) is 0 Å². The molecule has 0 amide bonds. The van der Waals surface area contributed by atoms with Crippen LogP contribution in [-0.2, 0) is 0 Å². The van der Waals surface area contributed by atoms with Gasteiger partial charge in [-0.1, -0.05) is 18.2 Å². The third-order valence-corrected chi connectivity index (χ3v) is 4.68. The lowest BCUT2D eigenvalue weighted by molar-refractivity contribution is 0.314. The Balaban J connectivity index is 1.68. The first kappa shape index (κ1) is 16.2. The second kappa shape index (κ2) is 6.89. The monoisotopic (exact) mass is 365 g/mol. The fraction of sp³-hybridized carbons (Fsp3) is 0.118. The van der Waals surface area contributed by atoms with Crippen LogP contribution in [0.4, 0.5) is 17.3 Å². The van der Waals surface area contributed by atoms with Gasteiger partial charge in [-0.2, -0.15) is 10.1 Å². The fourth-order valence-electron chi connectivity index (χ4n) is 2.34. The van der Waals surface area contributed by atoms with Gasteiger partial charge in [0.15, 0.2) is 11.6 Å². The summed E-state index contributed by atoms with van der Waals surface area (Å²) in [4.78, 5) is 9.86. The van der Waals surface area contributed by atoms with Crippen molar-refractivity contribution in [3.63, 3.8) is 0 Å². The third-order valence-electron chi connectivity index (χ3n) is 3.88. The molecule has 0 aliphatic rings. The molecule has 0 saturated heterocycles. The van der Waals surface area contributed by atoms with E-state index in [1.54, 1.807) is 17.6 Å². The Labute approximate surface area is 153 Å². The number of hydrogen-bond acceptors (Lipinski definition) is 9. The first-order valence-corrected chi connectivity index (χ1v) is 8.75. The molecular weight excluding hydrogens is 350 g/mol. The number of nitrogens with one attached hydrogen (secondary N) is 2. The summed E-state index contributed by atoms with van der Waals surface area (Å²) in [6.07, 6.45) is 1.72. The van der Waals surface area contributed by atoms with Crippen LogP contribution in [-0.4, -0.2) is 26.5 Å². The van der Waals surface area contributed by atoms with Crippen LogP contribution in [0.25, 0.3) is 11.3 Å². The first-order valence-electron chi connectivity index (χ1n) is 7.87. The molecule has 4 rings (SSSR count). The highest BCUT2D eigenvalue weighted by Crippen LogP contribution is 2.27. The number of thiophene rings is 1. The molecule has 2 N–H and O–H groups in total. The van der Waals surface area contributed by atoms with Gasteiger partial charge in [0.05, 0.1) is 6.21 Å². The summed E-state index contributed by atoms with van der Waals surface area (Å²) >= 11 is 1.59. The Kier molecular flexibility index (Phi) is 4.28. The van der Waals surface area contributed by atoms with Crippen LogP contribution in [0.5, 0.6) is 0 Å². The lowest BCUT2D eigenvalue weighted by Gasteiger charge is -2.12. The summed E-state index contributed by atoms with van der Waals surface area (Å²) < 4.78 is 4.71. The zero-order valence-electron chi connectivity index (χ0n) is 14.1. The largest absolute Gasteiger partial charge is 0.337 e. The molecule has 3 aromatic heterocycles. The first-order chi connectivity index (χ1) is 12.7. The Morgan fingerprint density at radius 2 is 1.85 bits per heavy atom. The highest BCUT2D eigenvalue weighted by atomic mass is 32.1. The molecule has 0 aliphatic carbocycles. The van der Waals surface area contributed by atoms with E-state index in [1.807, 2.05) is 36.6 Å². The molecule has 3 heterocycles. The summed E-state index contributed by atoms with van der Waals surface area (Å²) in [6.45, 7) is 4.10. The molecular formula is C17H15N7OS. The highest BCUT2D eigenvalue weighted by molar-refractivity contribution is 7.11. The van der Waals surface area contributed by atoms with E-state index >= 15 is 0 Å². The van der Waals surface area contributed by atoms with Crippen molar-refractivity contribution >= 4 is 46.2 Å². The number of nitrogens with zero attached hydrogens (tertiary/aromatic N) is 5. The number of hydrogen-bond donors (Lipinski definition) is 2. The van der Waals surface area contributed by atoms with Crippen LogP contribution >= 0.6 is 11.3 Å². The summed E-state index contributed by atoms with van der Waals surface area (Å²) in [5, 5.41) is 17.0. The van der Waals surface area contributed by atoms with Crippen molar-refractivity contribution < 1.29 is 4.63 Å². The molecule has 26 heavy (non-hydrogen) atoms. The SMILES string of the molecule is Cc1cccc(Nc2nc3nonc3nc2N/N=C/c2cccs2)c1C. The smallest absolute Gasteiger partial charge is 0.245 e. The molecule has 0 bridgehead atoms. The van der Waals surface area contributed by atoms with Gasteiger partial charge in [0.2, 0.25) is 11.3 Å². The predicted molar refractivity (Wildman–Crippen MR) is 102 cm³/mol. The molecule has 4 aromatic rings. The second-order valence-corrected chi connectivity index (χ2v) is 6.57. The number of aromatic nitrogens is 4. The van der Waals surface area contributed by atoms with Crippen LogP contribution in [0.1, 0.15) is 16.0 Å². The zero-order chi connectivity index (χ0) is 17.9. The zero-order valence-corrected chi connectivity index (χ0v) is 14.9.